The molecule has 0 bridgehead atoms. The first-order chi connectivity index (χ1) is 8.18. The van der Waals surface area contributed by atoms with Crippen molar-refractivity contribution in [2.75, 3.05) is 12.8 Å². The minimum atomic E-state index is -0.0239. The Balaban J connectivity index is 0.00000162. The molecule has 0 atom stereocenters. The van der Waals surface area contributed by atoms with Crippen LogP contribution in [0.5, 0.6) is 0 Å². The maximum absolute atomic E-state index is 12.2. The van der Waals surface area contributed by atoms with E-state index in [4.69, 9.17) is 5.73 Å². The number of aromatic nitrogens is 1. The summed E-state index contributed by atoms with van der Waals surface area (Å²) in [5, 5.41) is 0. The quantitative estimate of drug-likeness (QED) is 0.897. The highest BCUT2D eigenvalue weighted by Crippen LogP contribution is 2.22. The standard InChI is InChI=1S/C13H19N3O.ClH/c1-16(10-6-3-2-4-7-10)13(17)11-8-5-9-12(14)15-11;/h5,8-10H,2-4,6-7H2,1H3,(H2,14,15);1H. The highest BCUT2D eigenvalue weighted by atomic mass is 35.5. The van der Waals surface area contributed by atoms with Gasteiger partial charge in [0.2, 0.25) is 0 Å². The summed E-state index contributed by atoms with van der Waals surface area (Å²) in [5.41, 5.74) is 6.04. The van der Waals surface area contributed by atoms with Gasteiger partial charge in [-0.05, 0) is 25.0 Å². The van der Waals surface area contributed by atoms with E-state index >= 15 is 0 Å². The van der Waals surface area contributed by atoms with E-state index in [1.54, 1.807) is 18.2 Å². The van der Waals surface area contributed by atoms with E-state index < -0.39 is 0 Å². The topological polar surface area (TPSA) is 59.2 Å². The molecule has 1 heterocycles. The van der Waals surface area contributed by atoms with Crippen LogP contribution in [0.15, 0.2) is 18.2 Å². The molecule has 0 radical (unpaired) electrons. The molecule has 1 aromatic rings. The van der Waals surface area contributed by atoms with Crippen molar-refractivity contribution >= 4 is 24.1 Å². The van der Waals surface area contributed by atoms with Crippen LogP contribution in [0, 0.1) is 0 Å². The average molecular weight is 270 g/mol. The van der Waals surface area contributed by atoms with Crippen LogP contribution < -0.4 is 5.73 Å². The fourth-order valence-corrected chi connectivity index (χ4v) is 2.39. The summed E-state index contributed by atoms with van der Waals surface area (Å²) in [7, 11) is 1.86. The highest BCUT2D eigenvalue weighted by Gasteiger charge is 2.23. The van der Waals surface area contributed by atoms with Crippen LogP contribution >= 0.6 is 12.4 Å². The van der Waals surface area contributed by atoms with Crippen LogP contribution in [0.25, 0.3) is 0 Å². The molecule has 0 aliphatic heterocycles. The molecule has 0 unspecified atom stereocenters. The Bertz CT molecular complexity index is 405. The maximum Gasteiger partial charge on any atom is 0.272 e. The average Bonchev–Trinajstić information content (AvgIpc) is 2.38. The lowest BCUT2D eigenvalue weighted by Gasteiger charge is -2.31. The minimum Gasteiger partial charge on any atom is -0.384 e. The number of halogens is 1. The highest BCUT2D eigenvalue weighted by molar-refractivity contribution is 5.92. The van der Waals surface area contributed by atoms with Crippen molar-refractivity contribution in [3.05, 3.63) is 23.9 Å². The predicted molar refractivity (Wildman–Crippen MR) is 74.9 cm³/mol. The van der Waals surface area contributed by atoms with Gasteiger partial charge >= 0.3 is 0 Å². The van der Waals surface area contributed by atoms with Gasteiger partial charge in [0.15, 0.2) is 0 Å². The zero-order valence-electron chi connectivity index (χ0n) is 10.6. The Morgan fingerprint density at radius 3 is 2.61 bits per heavy atom. The SMILES string of the molecule is CN(C(=O)c1cccc(N)n1)C1CCCCC1.Cl. The van der Waals surface area contributed by atoms with Gasteiger partial charge in [0.1, 0.15) is 11.5 Å². The molecular formula is C13H20ClN3O. The zero-order valence-corrected chi connectivity index (χ0v) is 11.4. The molecule has 1 aromatic heterocycles. The minimum absolute atomic E-state index is 0. The van der Waals surface area contributed by atoms with Gasteiger partial charge in [-0.1, -0.05) is 25.3 Å². The Labute approximate surface area is 114 Å². The Morgan fingerprint density at radius 2 is 2.00 bits per heavy atom. The summed E-state index contributed by atoms with van der Waals surface area (Å²) >= 11 is 0. The summed E-state index contributed by atoms with van der Waals surface area (Å²) in [6.07, 6.45) is 5.92. The van der Waals surface area contributed by atoms with E-state index in [0.717, 1.165) is 12.8 Å². The molecule has 1 aliphatic rings. The van der Waals surface area contributed by atoms with Gasteiger partial charge < -0.3 is 10.6 Å². The second-order valence-corrected chi connectivity index (χ2v) is 4.66. The molecule has 0 saturated heterocycles. The van der Waals surface area contributed by atoms with Crippen molar-refractivity contribution in [3.8, 4) is 0 Å². The van der Waals surface area contributed by atoms with Gasteiger partial charge in [0.25, 0.3) is 5.91 Å². The molecule has 1 amide bonds. The van der Waals surface area contributed by atoms with Crippen molar-refractivity contribution in [2.24, 2.45) is 0 Å². The number of anilines is 1. The fraction of sp³-hybridized carbons (Fsp3) is 0.538. The number of carbonyl (C=O) groups excluding carboxylic acids is 1. The summed E-state index contributed by atoms with van der Waals surface area (Å²) < 4.78 is 0. The summed E-state index contributed by atoms with van der Waals surface area (Å²) in [6, 6.07) is 5.54. The van der Waals surface area contributed by atoms with Crippen molar-refractivity contribution in [3.63, 3.8) is 0 Å². The van der Waals surface area contributed by atoms with Gasteiger partial charge in [0, 0.05) is 13.1 Å². The Hall–Kier alpha value is -1.29. The van der Waals surface area contributed by atoms with Gasteiger partial charge in [-0.15, -0.1) is 12.4 Å². The number of carbonyl (C=O) groups is 1. The van der Waals surface area contributed by atoms with Crippen LogP contribution in [-0.4, -0.2) is 28.9 Å². The molecule has 1 fully saturated rings. The normalized spacial score (nSPS) is 15.8. The van der Waals surface area contributed by atoms with Crippen molar-refractivity contribution in [2.45, 2.75) is 38.1 Å². The van der Waals surface area contributed by atoms with Crippen molar-refractivity contribution in [1.29, 1.82) is 0 Å². The Kier molecular flexibility index (Phi) is 5.41. The molecule has 100 valence electrons. The third-order valence-corrected chi connectivity index (χ3v) is 3.43. The number of nitrogens with zero attached hydrogens (tertiary/aromatic N) is 2. The van der Waals surface area contributed by atoms with E-state index in [1.807, 2.05) is 11.9 Å². The van der Waals surface area contributed by atoms with Gasteiger partial charge in [-0.2, -0.15) is 0 Å². The predicted octanol–water partition coefficient (Wildman–Crippen LogP) is 2.49. The van der Waals surface area contributed by atoms with Gasteiger partial charge in [-0.3, -0.25) is 4.79 Å². The van der Waals surface area contributed by atoms with Crippen molar-refractivity contribution < 1.29 is 4.79 Å². The third-order valence-electron chi connectivity index (χ3n) is 3.43. The number of nitrogen functional groups attached to an aromatic ring is 1. The van der Waals surface area contributed by atoms with E-state index in [9.17, 15) is 4.79 Å². The molecule has 1 aliphatic carbocycles. The number of amides is 1. The smallest absolute Gasteiger partial charge is 0.272 e. The largest absolute Gasteiger partial charge is 0.384 e. The first-order valence-electron chi connectivity index (χ1n) is 6.18. The van der Waals surface area contributed by atoms with Crippen LogP contribution in [-0.2, 0) is 0 Å². The lowest BCUT2D eigenvalue weighted by Crippen LogP contribution is -2.38. The van der Waals surface area contributed by atoms with Crippen LogP contribution in [0.2, 0.25) is 0 Å². The van der Waals surface area contributed by atoms with E-state index in [-0.39, 0.29) is 18.3 Å². The first kappa shape index (κ1) is 14.8. The number of hydrogen-bond donors (Lipinski definition) is 1. The molecule has 18 heavy (non-hydrogen) atoms. The summed E-state index contributed by atoms with van der Waals surface area (Å²) in [6.45, 7) is 0. The van der Waals surface area contributed by atoms with E-state index in [1.165, 1.54) is 19.3 Å². The second kappa shape index (κ2) is 6.59. The molecule has 0 spiro atoms. The molecule has 1 saturated carbocycles. The fourth-order valence-electron chi connectivity index (χ4n) is 2.39. The molecule has 2 rings (SSSR count). The number of rotatable bonds is 2. The van der Waals surface area contributed by atoms with E-state index in [2.05, 4.69) is 4.98 Å². The Morgan fingerprint density at radius 1 is 1.33 bits per heavy atom. The van der Waals surface area contributed by atoms with E-state index in [0.29, 0.717) is 17.6 Å². The summed E-state index contributed by atoms with van der Waals surface area (Å²) in [4.78, 5) is 18.1. The molecule has 5 heteroatoms. The molecule has 4 nitrogen and oxygen atoms in total. The molecular weight excluding hydrogens is 250 g/mol. The lowest BCUT2D eigenvalue weighted by atomic mass is 9.94. The van der Waals surface area contributed by atoms with Gasteiger partial charge in [0.05, 0.1) is 0 Å². The third kappa shape index (κ3) is 3.35. The number of pyridine rings is 1. The van der Waals surface area contributed by atoms with Gasteiger partial charge in [-0.25, -0.2) is 4.98 Å². The maximum atomic E-state index is 12.2. The van der Waals surface area contributed by atoms with Crippen molar-refractivity contribution in [1.82, 2.24) is 9.88 Å². The lowest BCUT2D eigenvalue weighted by molar-refractivity contribution is 0.0690. The monoisotopic (exact) mass is 269 g/mol. The van der Waals surface area contributed by atoms with Crippen LogP contribution in [0.3, 0.4) is 0 Å². The summed E-state index contributed by atoms with van der Waals surface area (Å²) in [5.74, 6) is 0.372. The second-order valence-electron chi connectivity index (χ2n) is 4.66. The van der Waals surface area contributed by atoms with Crippen LogP contribution in [0.4, 0.5) is 5.82 Å². The first-order valence-corrected chi connectivity index (χ1v) is 6.18. The molecule has 2 N–H and O–H groups in total. The molecule has 0 aromatic carbocycles. The number of hydrogen-bond acceptors (Lipinski definition) is 3. The number of nitrogens with two attached hydrogens (primary N) is 1. The van der Waals surface area contributed by atoms with Crippen LogP contribution in [0.1, 0.15) is 42.6 Å². The zero-order chi connectivity index (χ0) is 12.3.